The van der Waals surface area contributed by atoms with Crippen LogP contribution in [0, 0.1) is 0 Å². The van der Waals surface area contributed by atoms with Crippen LogP contribution in [-0.4, -0.2) is 49.9 Å². The minimum atomic E-state index is -0.540. The highest BCUT2D eigenvalue weighted by molar-refractivity contribution is 7.09. The van der Waals surface area contributed by atoms with Gasteiger partial charge in [0.1, 0.15) is 10.7 Å². The van der Waals surface area contributed by atoms with Crippen molar-refractivity contribution in [3.05, 3.63) is 53.1 Å². The second-order valence-corrected chi connectivity index (χ2v) is 6.94. The minimum absolute atomic E-state index is 0.159. The van der Waals surface area contributed by atoms with Gasteiger partial charge in [-0.05, 0) is 0 Å². The quantitative estimate of drug-likeness (QED) is 0.692. The Balaban J connectivity index is 1.41. The van der Waals surface area contributed by atoms with Crippen molar-refractivity contribution in [2.45, 2.75) is 31.3 Å². The van der Waals surface area contributed by atoms with Gasteiger partial charge >= 0.3 is 0 Å². The van der Waals surface area contributed by atoms with Crippen LogP contribution in [0.25, 0.3) is 11.3 Å². The number of nitrogens with zero attached hydrogens (tertiary/aromatic N) is 4. The molecule has 8 heteroatoms. The summed E-state index contributed by atoms with van der Waals surface area (Å²) >= 11 is 1.59. The third-order valence-electron chi connectivity index (χ3n) is 4.24. The highest BCUT2D eigenvalue weighted by Crippen LogP contribution is 2.19. The topological polar surface area (TPSA) is 85.1 Å². The van der Waals surface area contributed by atoms with E-state index in [1.54, 1.807) is 22.2 Å². The number of hydrogen-bond acceptors (Lipinski definition) is 7. The van der Waals surface area contributed by atoms with Crippen LogP contribution in [-0.2, 0) is 17.8 Å². The molecule has 0 bridgehead atoms. The fourth-order valence-corrected chi connectivity index (χ4v) is 3.54. The first kappa shape index (κ1) is 16.3. The highest BCUT2D eigenvalue weighted by atomic mass is 32.1. The number of thiazole rings is 1. The molecule has 1 fully saturated rings. The van der Waals surface area contributed by atoms with Crippen molar-refractivity contribution in [3.63, 3.8) is 0 Å². The molecular formula is C17H19N5O2S. The Bertz CT molecular complexity index is 792. The maximum absolute atomic E-state index is 10.2. The van der Waals surface area contributed by atoms with E-state index in [4.69, 9.17) is 4.74 Å². The van der Waals surface area contributed by atoms with Crippen LogP contribution in [0.5, 0.6) is 0 Å². The first-order chi connectivity index (χ1) is 12.3. The van der Waals surface area contributed by atoms with Crippen LogP contribution in [0.4, 0.5) is 0 Å². The summed E-state index contributed by atoms with van der Waals surface area (Å²) in [7, 11) is 0. The van der Waals surface area contributed by atoms with Crippen molar-refractivity contribution < 1.29 is 9.84 Å². The number of ether oxygens (including phenoxy) is 1. The number of nitrogens with one attached hydrogen (secondary N) is 1. The predicted molar refractivity (Wildman–Crippen MR) is 93.9 cm³/mol. The standard InChI is InChI=1S/C17H19N5O2S/c23-14-11-24-15(17(14)19-8-16-18-6-7-25-16)10-22-9-13(20-21-22)12-4-2-1-3-5-12/h1-7,9,14-15,17,19,23H,8,10-11H2/t14-,15+,17+/m0/s1. The largest absolute Gasteiger partial charge is 0.389 e. The lowest BCUT2D eigenvalue weighted by atomic mass is 10.1. The van der Waals surface area contributed by atoms with E-state index in [0.717, 1.165) is 16.3 Å². The molecule has 0 aliphatic carbocycles. The number of aliphatic hydroxyl groups is 1. The summed E-state index contributed by atoms with van der Waals surface area (Å²) in [6.45, 7) is 1.47. The Morgan fingerprint density at radius 1 is 1.32 bits per heavy atom. The zero-order chi connectivity index (χ0) is 17.1. The number of benzene rings is 1. The van der Waals surface area contributed by atoms with Crippen LogP contribution in [0.2, 0.25) is 0 Å². The summed E-state index contributed by atoms with van der Waals surface area (Å²) in [5.74, 6) is 0. The van der Waals surface area contributed by atoms with Gasteiger partial charge < -0.3 is 15.2 Å². The van der Waals surface area contributed by atoms with Gasteiger partial charge in [-0.25, -0.2) is 9.67 Å². The van der Waals surface area contributed by atoms with E-state index in [0.29, 0.717) is 19.7 Å². The number of aromatic nitrogens is 4. The van der Waals surface area contributed by atoms with E-state index < -0.39 is 6.10 Å². The van der Waals surface area contributed by atoms with Gasteiger partial charge in [-0.1, -0.05) is 35.5 Å². The Morgan fingerprint density at radius 3 is 3.00 bits per heavy atom. The van der Waals surface area contributed by atoms with Crippen molar-refractivity contribution in [3.8, 4) is 11.3 Å². The van der Waals surface area contributed by atoms with E-state index in [-0.39, 0.29) is 12.1 Å². The van der Waals surface area contributed by atoms with E-state index in [1.807, 2.05) is 41.9 Å². The summed E-state index contributed by atoms with van der Waals surface area (Å²) in [6.07, 6.45) is 2.98. The van der Waals surface area contributed by atoms with Crippen molar-refractivity contribution in [1.82, 2.24) is 25.3 Å². The van der Waals surface area contributed by atoms with E-state index in [2.05, 4.69) is 20.6 Å². The number of rotatable bonds is 6. The third kappa shape index (κ3) is 3.77. The highest BCUT2D eigenvalue weighted by Gasteiger charge is 2.36. The monoisotopic (exact) mass is 357 g/mol. The summed E-state index contributed by atoms with van der Waals surface area (Å²) in [4.78, 5) is 4.25. The molecule has 25 heavy (non-hydrogen) atoms. The Kier molecular flexibility index (Phi) is 4.84. The fourth-order valence-electron chi connectivity index (χ4n) is 2.97. The Hall–Kier alpha value is -2.13. The third-order valence-corrected chi connectivity index (χ3v) is 5.02. The lowest BCUT2D eigenvalue weighted by Gasteiger charge is -2.21. The molecule has 0 radical (unpaired) electrons. The molecule has 2 aromatic heterocycles. The molecule has 3 aromatic rings. The average Bonchev–Trinajstić information content (AvgIpc) is 3.37. The first-order valence-corrected chi connectivity index (χ1v) is 9.04. The fraction of sp³-hybridized carbons (Fsp3) is 0.353. The van der Waals surface area contributed by atoms with Crippen LogP contribution >= 0.6 is 11.3 Å². The lowest BCUT2D eigenvalue weighted by Crippen LogP contribution is -2.44. The molecule has 0 amide bonds. The minimum Gasteiger partial charge on any atom is -0.389 e. The molecule has 0 saturated carbocycles. The van der Waals surface area contributed by atoms with Crippen molar-refractivity contribution in [2.75, 3.05) is 6.61 Å². The first-order valence-electron chi connectivity index (χ1n) is 8.16. The van der Waals surface area contributed by atoms with Crippen LogP contribution < -0.4 is 5.32 Å². The molecule has 4 rings (SSSR count). The van der Waals surface area contributed by atoms with E-state index in [9.17, 15) is 5.11 Å². The van der Waals surface area contributed by atoms with Gasteiger partial charge in [0.2, 0.25) is 0 Å². The van der Waals surface area contributed by atoms with Crippen LogP contribution in [0.3, 0.4) is 0 Å². The number of hydrogen-bond donors (Lipinski definition) is 2. The smallest absolute Gasteiger partial charge is 0.113 e. The molecule has 7 nitrogen and oxygen atoms in total. The molecule has 0 spiro atoms. The van der Waals surface area contributed by atoms with Crippen molar-refractivity contribution >= 4 is 11.3 Å². The second kappa shape index (κ2) is 7.40. The SMILES string of the molecule is O[C@H]1CO[C@H](Cn2cc(-c3ccccc3)nn2)[C@@H]1NCc1nccs1. The summed E-state index contributed by atoms with van der Waals surface area (Å²) in [5.41, 5.74) is 1.85. The van der Waals surface area contributed by atoms with Gasteiger partial charge in [0.15, 0.2) is 0 Å². The maximum Gasteiger partial charge on any atom is 0.113 e. The molecular weight excluding hydrogens is 338 g/mol. The zero-order valence-electron chi connectivity index (χ0n) is 13.5. The molecule has 1 aliphatic heterocycles. The molecule has 2 N–H and O–H groups in total. The Labute approximate surface area is 149 Å². The molecule has 3 atom stereocenters. The normalized spacial score (nSPS) is 23.2. The summed E-state index contributed by atoms with van der Waals surface area (Å²) < 4.78 is 7.52. The molecule has 1 aromatic carbocycles. The second-order valence-electron chi connectivity index (χ2n) is 5.96. The average molecular weight is 357 g/mol. The zero-order valence-corrected chi connectivity index (χ0v) is 14.3. The molecule has 130 valence electrons. The van der Waals surface area contributed by atoms with Gasteiger partial charge in [0, 0.05) is 23.7 Å². The Morgan fingerprint density at radius 2 is 2.20 bits per heavy atom. The molecule has 3 heterocycles. The van der Waals surface area contributed by atoms with E-state index >= 15 is 0 Å². The van der Waals surface area contributed by atoms with E-state index in [1.165, 1.54) is 0 Å². The van der Waals surface area contributed by atoms with Crippen molar-refractivity contribution in [2.24, 2.45) is 0 Å². The van der Waals surface area contributed by atoms with Crippen LogP contribution in [0.15, 0.2) is 48.1 Å². The van der Waals surface area contributed by atoms with Gasteiger partial charge in [0.25, 0.3) is 0 Å². The molecule has 1 aliphatic rings. The van der Waals surface area contributed by atoms with Gasteiger partial charge in [-0.3, -0.25) is 0 Å². The van der Waals surface area contributed by atoms with Gasteiger partial charge in [-0.15, -0.1) is 16.4 Å². The lowest BCUT2D eigenvalue weighted by molar-refractivity contribution is 0.0741. The molecule has 1 saturated heterocycles. The summed E-state index contributed by atoms with van der Waals surface area (Å²) in [6, 6.07) is 9.77. The maximum atomic E-state index is 10.2. The number of aliphatic hydroxyl groups excluding tert-OH is 1. The summed E-state index contributed by atoms with van der Waals surface area (Å²) in [5, 5.41) is 24.9. The predicted octanol–water partition coefficient (Wildman–Crippen LogP) is 1.32. The van der Waals surface area contributed by atoms with Gasteiger partial charge in [-0.2, -0.15) is 0 Å². The van der Waals surface area contributed by atoms with Gasteiger partial charge in [0.05, 0.1) is 37.6 Å². The molecule has 0 unspecified atom stereocenters. The van der Waals surface area contributed by atoms with Crippen molar-refractivity contribution in [1.29, 1.82) is 0 Å². The van der Waals surface area contributed by atoms with Crippen LogP contribution in [0.1, 0.15) is 5.01 Å².